The van der Waals surface area contributed by atoms with Gasteiger partial charge in [0.25, 0.3) is 0 Å². The van der Waals surface area contributed by atoms with E-state index in [1.807, 2.05) is 0 Å². The molecule has 7 nitrogen and oxygen atoms in total. The summed E-state index contributed by atoms with van der Waals surface area (Å²) in [6.45, 7) is 1.02. The van der Waals surface area contributed by atoms with Crippen LogP contribution in [0.4, 0.5) is 4.39 Å². The molecular formula is C17H17FN4O3S2. The van der Waals surface area contributed by atoms with Crippen LogP contribution in [-0.4, -0.2) is 51.5 Å². The number of fused-ring (bicyclic) bond motifs is 1. The van der Waals surface area contributed by atoms with E-state index >= 15 is 0 Å². The topological polar surface area (TPSA) is 76.7 Å². The van der Waals surface area contributed by atoms with Gasteiger partial charge < -0.3 is 0 Å². The van der Waals surface area contributed by atoms with Crippen molar-refractivity contribution >= 4 is 27.4 Å². The number of halogens is 1. The summed E-state index contributed by atoms with van der Waals surface area (Å²) < 4.78 is 42.8. The van der Waals surface area contributed by atoms with Crippen molar-refractivity contribution in [3.05, 3.63) is 64.5 Å². The molecule has 1 aliphatic heterocycles. The Balaban J connectivity index is 1.70. The molecule has 0 aliphatic carbocycles. The van der Waals surface area contributed by atoms with Gasteiger partial charge in [-0.3, -0.25) is 0 Å². The van der Waals surface area contributed by atoms with E-state index < -0.39 is 21.5 Å². The van der Waals surface area contributed by atoms with Gasteiger partial charge in [0.1, 0.15) is 5.82 Å². The van der Waals surface area contributed by atoms with Crippen LogP contribution in [-0.2, 0) is 16.6 Å². The normalized spacial score (nSPS) is 16.0. The molecule has 3 heterocycles. The quantitative estimate of drug-likeness (QED) is 0.653. The second kappa shape index (κ2) is 7.10. The van der Waals surface area contributed by atoms with Gasteiger partial charge in [-0.1, -0.05) is 12.1 Å². The van der Waals surface area contributed by atoms with E-state index in [1.165, 1.54) is 43.9 Å². The first-order valence-electron chi connectivity index (χ1n) is 8.37. The summed E-state index contributed by atoms with van der Waals surface area (Å²) >= 11 is 1.72. The van der Waals surface area contributed by atoms with Gasteiger partial charge in [-0.25, -0.2) is 26.7 Å². The predicted octanol–water partition coefficient (Wildman–Crippen LogP) is 1.42. The van der Waals surface area contributed by atoms with Gasteiger partial charge in [0, 0.05) is 30.8 Å². The van der Waals surface area contributed by atoms with Gasteiger partial charge in [-0.15, -0.1) is 5.10 Å². The second-order valence-electron chi connectivity index (χ2n) is 6.18. The molecule has 0 amide bonds. The lowest BCUT2D eigenvalue weighted by Gasteiger charge is -2.25. The first-order valence-corrected chi connectivity index (χ1v) is 11.0. The zero-order chi connectivity index (χ0) is 19.0. The third-order valence-electron chi connectivity index (χ3n) is 4.38. The number of thioether (sulfide) groups is 1. The Labute approximate surface area is 159 Å². The van der Waals surface area contributed by atoms with Gasteiger partial charge in [0.05, 0.1) is 11.4 Å². The highest BCUT2D eigenvalue weighted by atomic mass is 32.2. The van der Waals surface area contributed by atoms with Crippen LogP contribution >= 0.6 is 11.8 Å². The molecule has 0 unspecified atom stereocenters. The van der Waals surface area contributed by atoms with E-state index in [4.69, 9.17) is 0 Å². The summed E-state index contributed by atoms with van der Waals surface area (Å²) in [5.41, 5.74) is 0.462. The van der Waals surface area contributed by atoms with E-state index in [2.05, 4.69) is 5.10 Å². The molecular weight excluding hydrogens is 391 g/mol. The van der Waals surface area contributed by atoms with Crippen LogP contribution in [0.15, 0.2) is 52.3 Å². The predicted molar refractivity (Wildman–Crippen MR) is 101 cm³/mol. The number of pyridine rings is 1. The van der Waals surface area contributed by atoms with Crippen molar-refractivity contribution in [3.8, 4) is 0 Å². The zero-order valence-electron chi connectivity index (χ0n) is 14.3. The molecule has 0 bridgehead atoms. The Morgan fingerprint density at radius 3 is 2.67 bits per heavy atom. The van der Waals surface area contributed by atoms with E-state index in [0.717, 1.165) is 11.5 Å². The number of aromatic nitrogens is 3. The third-order valence-corrected chi connectivity index (χ3v) is 7.20. The highest BCUT2D eigenvalue weighted by Crippen LogP contribution is 2.20. The number of rotatable bonds is 4. The molecule has 0 radical (unpaired) electrons. The smallest absolute Gasteiger partial charge is 0.249 e. The van der Waals surface area contributed by atoms with Crippen LogP contribution in [0.25, 0.3) is 5.65 Å². The van der Waals surface area contributed by atoms with Crippen LogP contribution < -0.4 is 5.69 Å². The summed E-state index contributed by atoms with van der Waals surface area (Å²) in [6, 6.07) is 8.89. The number of hydrogen-bond acceptors (Lipinski definition) is 5. The summed E-state index contributed by atoms with van der Waals surface area (Å²) in [5.74, 6) is 1.12. The highest BCUT2D eigenvalue weighted by Gasteiger charge is 2.27. The Morgan fingerprint density at radius 1 is 1.15 bits per heavy atom. The molecule has 0 spiro atoms. The average molecular weight is 408 g/mol. The van der Waals surface area contributed by atoms with Gasteiger partial charge in [0.15, 0.2) is 5.65 Å². The number of sulfonamides is 1. The number of nitrogens with zero attached hydrogens (tertiary/aromatic N) is 4. The minimum Gasteiger partial charge on any atom is -0.249 e. The number of benzene rings is 1. The van der Waals surface area contributed by atoms with Gasteiger partial charge >= 0.3 is 5.69 Å². The molecule has 4 rings (SSSR count). The van der Waals surface area contributed by atoms with E-state index in [0.29, 0.717) is 24.3 Å². The molecule has 1 saturated heterocycles. The van der Waals surface area contributed by atoms with Gasteiger partial charge in [-0.2, -0.15) is 16.1 Å². The monoisotopic (exact) mass is 408 g/mol. The first kappa shape index (κ1) is 18.2. The maximum absolute atomic E-state index is 13.4. The van der Waals surface area contributed by atoms with E-state index in [-0.39, 0.29) is 11.4 Å². The molecule has 1 aromatic carbocycles. The van der Waals surface area contributed by atoms with Crippen LogP contribution in [0.1, 0.15) is 5.56 Å². The largest absolute Gasteiger partial charge is 0.350 e. The van der Waals surface area contributed by atoms with Crippen LogP contribution in [0.5, 0.6) is 0 Å². The lowest BCUT2D eigenvalue weighted by atomic mass is 10.2. The fraction of sp³-hybridized carbons (Fsp3) is 0.294. The van der Waals surface area contributed by atoms with Crippen LogP contribution in [0.3, 0.4) is 0 Å². The van der Waals surface area contributed by atoms with Crippen molar-refractivity contribution in [2.24, 2.45) is 0 Å². The van der Waals surface area contributed by atoms with Gasteiger partial charge in [-0.05, 0) is 29.8 Å². The molecule has 1 aliphatic rings. The third kappa shape index (κ3) is 3.52. The SMILES string of the molecule is O=c1n(Cc2cccc(F)c2)nc2ccc(S(=O)(=O)N3CCSCC3)cn12. The summed E-state index contributed by atoms with van der Waals surface area (Å²) in [7, 11) is -3.65. The standard InChI is InChI=1S/C17H17FN4O3S2/c18-14-3-1-2-13(10-14)11-22-17(23)21-12-15(4-5-16(21)19-22)27(24,25)20-6-8-26-9-7-20/h1-5,10,12H,6-9,11H2. The lowest BCUT2D eigenvalue weighted by molar-refractivity contribution is 0.443. The molecule has 27 heavy (non-hydrogen) atoms. The van der Waals surface area contributed by atoms with E-state index in [9.17, 15) is 17.6 Å². The minimum absolute atomic E-state index is 0.0642. The van der Waals surface area contributed by atoms with Crippen LogP contribution in [0.2, 0.25) is 0 Å². The molecule has 0 atom stereocenters. The van der Waals surface area contributed by atoms with Crippen LogP contribution in [0, 0.1) is 5.82 Å². The number of hydrogen-bond donors (Lipinski definition) is 0. The second-order valence-corrected chi connectivity index (χ2v) is 9.34. The lowest BCUT2D eigenvalue weighted by Crippen LogP contribution is -2.38. The Hall–Kier alpha value is -2.17. The van der Waals surface area contributed by atoms with Crippen molar-refractivity contribution in [2.45, 2.75) is 11.4 Å². The summed E-state index contributed by atoms with van der Waals surface area (Å²) in [6.07, 6.45) is 1.31. The maximum Gasteiger partial charge on any atom is 0.350 e. The molecule has 0 N–H and O–H groups in total. The fourth-order valence-electron chi connectivity index (χ4n) is 3.00. The van der Waals surface area contributed by atoms with Crippen molar-refractivity contribution in [1.29, 1.82) is 0 Å². The van der Waals surface area contributed by atoms with Crippen molar-refractivity contribution < 1.29 is 12.8 Å². The Kier molecular flexibility index (Phi) is 4.79. The molecule has 0 saturated carbocycles. The van der Waals surface area contributed by atoms with Crippen molar-refractivity contribution in [3.63, 3.8) is 0 Å². The van der Waals surface area contributed by atoms with Crippen molar-refractivity contribution in [2.75, 3.05) is 24.6 Å². The average Bonchev–Trinajstić information content (AvgIpc) is 2.98. The first-order chi connectivity index (χ1) is 12.9. The minimum atomic E-state index is -3.65. The van der Waals surface area contributed by atoms with Gasteiger partial charge in [0.2, 0.25) is 10.0 Å². The zero-order valence-corrected chi connectivity index (χ0v) is 15.9. The van der Waals surface area contributed by atoms with E-state index in [1.54, 1.807) is 23.9 Å². The molecule has 1 fully saturated rings. The Bertz CT molecular complexity index is 1150. The Morgan fingerprint density at radius 2 is 1.93 bits per heavy atom. The summed E-state index contributed by atoms with van der Waals surface area (Å²) in [5, 5.41) is 4.21. The molecule has 2 aromatic heterocycles. The van der Waals surface area contributed by atoms with Crippen molar-refractivity contribution in [1.82, 2.24) is 18.5 Å². The molecule has 3 aromatic rings. The summed E-state index contributed by atoms with van der Waals surface area (Å²) in [4.78, 5) is 12.7. The fourth-order valence-corrected chi connectivity index (χ4v) is 5.57. The maximum atomic E-state index is 13.4. The highest BCUT2D eigenvalue weighted by molar-refractivity contribution is 7.99. The molecule has 10 heteroatoms. The molecule has 142 valence electrons.